The van der Waals surface area contributed by atoms with Gasteiger partial charge in [0.05, 0.1) is 47.1 Å². The lowest BCUT2D eigenvalue weighted by Crippen LogP contribution is -2.67. The topological polar surface area (TPSA) is 67.9 Å². The van der Waals surface area contributed by atoms with Gasteiger partial charge in [0.1, 0.15) is 5.75 Å². The average Bonchev–Trinajstić information content (AvgIpc) is 3.14. The summed E-state index contributed by atoms with van der Waals surface area (Å²) in [5.41, 5.74) is 3.05. The molecule has 9 heteroatoms. The number of rotatable bonds is 15. The van der Waals surface area contributed by atoms with E-state index in [0.29, 0.717) is 37.0 Å². The molecule has 0 amide bonds. The fourth-order valence-electron chi connectivity index (χ4n) is 7.76. The molecule has 8 nitrogen and oxygen atoms in total. The fraction of sp³-hybridized carbons (Fsp3) is 0.429. The molecule has 274 valence electrons. The Hall–Kier alpha value is -3.86. The predicted molar refractivity (Wildman–Crippen MR) is 205 cm³/mol. The van der Waals surface area contributed by atoms with E-state index in [4.69, 9.17) is 32.8 Å². The van der Waals surface area contributed by atoms with Crippen LogP contribution in [0.25, 0.3) is 0 Å². The predicted octanol–water partition coefficient (Wildman–Crippen LogP) is 7.86. The monoisotopic (exact) mass is 713 g/mol. The van der Waals surface area contributed by atoms with Crippen LogP contribution in [-0.4, -0.2) is 67.7 Å². The maximum Gasteiger partial charge on any atom is 0.261 e. The van der Waals surface area contributed by atoms with Gasteiger partial charge in [-0.15, -0.1) is 0 Å². The van der Waals surface area contributed by atoms with Gasteiger partial charge in [-0.05, 0) is 65.5 Å². The second kappa shape index (κ2) is 16.6. The lowest BCUT2D eigenvalue weighted by molar-refractivity contribution is -0.161. The van der Waals surface area contributed by atoms with Crippen LogP contribution in [-0.2, 0) is 13.9 Å². The second-order valence-electron chi connectivity index (χ2n) is 13.8. The Kier molecular flexibility index (Phi) is 12.5. The van der Waals surface area contributed by atoms with Crippen LogP contribution in [0.2, 0.25) is 5.04 Å². The lowest BCUT2D eigenvalue weighted by atomic mass is 9.82. The van der Waals surface area contributed by atoms with E-state index < -0.39 is 20.7 Å². The second-order valence-corrected chi connectivity index (χ2v) is 18.0. The van der Waals surface area contributed by atoms with Gasteiger partial charge in [-0.1, -0.05) is 93.6 Å². The third kappa shape index (κ3) is 7.41. The van der Waals surface area contributed by atoms with Crippen LogP contribution in [0.5, 0.6) is 23.0 Å². The molecule has 0 aromatic heterocycles. The maximum absolute atomic E-state index is 8.15. The summed E-state index contributed by atoms with van der Waals surface area (Å²) in [5, 5.41) is 2.10. The summed E-state index contributed by atoms with van der Waals surface area (Å²) in [6.07, 6.45) is -0.960. The summed E-state index contributed by atoms with van der Waals surface area (Å²) in [6, 6.07) is 31.5. The molecule has 5 rings (SSSR count). The number of methoxy groups -OCH3 is 4. The zero-order valence-corrected chi connectivity index (χ0v) is 32.9. The van der Waals surface area contributed by atoms with Gasteiger partial charge in [-0.3, -0.25) is 4.90 Å². The number of benzene rings is 4. The Morgan fingerprint density at radius 2 is 1.25 bits per heavy atom. The molecule has 0 radical (unpaired) electrons. The highest BCUT2D eigenvalue weighted by molar-refractivity contribution is 6.99. The van der Waals surface area contributed by atoms with Crippen LogP contribution in [0, 0.1) is 0 Å². The molecule has 0 fully saturated rings. The standard InChI is InChI=1S/C42H55NO7Si/c1-11-48-36(49-12-2)28-43-29(3)37-34(27-35(45-8)40(46-9)41(37)47-10)39(38(43)30-23-25-31(44-7)26-24-30)50-51(42(4,5)6,32-19-15-13-16-20-32)33-21-17-14-18-22-33/h13-27,29,36,38-39H,11-12,28H2,1-10H3/t29-,38+,39-/m0/s1. The van der Waals surface area contributed by atoms with E-state index in [1.165, 1.54) is 10.4 Å². The molecule has 0 aliphatic carbocycles. The van der Waals surface area contributed by atoms with E-state index in [0.717, 1.165) is 22.4 Å². The van der Waals surface area contributed by atoms with Crippen molar-refractivity contribution in [3.8, 4) is 23.0 Å². The minimum atomic E-state index is -3.12. The number of nitrogens with zero attached hydrogens (tertiary/aromatic N) is 1. The number of fused-ring (bicyclic) bond motifs is 1. The van der Waals surface area contributed by atoms with Crippen LogP contribution in [0.1, 0.15) is 76.4 Å². The first-order valence-corrected chi connectivity index (χ1v) is 19.7. The van der Waals surface area contributed by atoms with Crippen molar-refractivity contribution in [2.24, 2.45) is 0 Å². The van der Waals surface area contributed by atoms with E-state index in [1.54, 1.807) is 28.4 Å². The first-order valence-electron chi connectivity index (χ1n) is 17.8. The number of hydrogen-bond acceptors (Lipinski definition) is 8. The fourth-order valence-corrected chi connectivity index (χ4v) is 12.4. The molecule has 4 aromatic carbocycles. The summed E-state index contributed by atoms with van der Waals surface area (Å²) in [5.74, 6) is 2.54. The molecule has 0 spiro atoms. The van der Waals surface area contributed by atoms with Crippen molar-refractivity contribution in [1.29, 1.82) is 0 Å². The molecule has 3 atom stereocenters. The largest absolute Gasteiger partial charge is 0.497 e. The normalized spacial score (nSPS) is 18.0. The SMILES string of the molecule is CCOC(CN1[C@H](c2ccc(OC)cc2)[C@@H](O[Si](c2ccccc2)(c2ccccc2)C(C)(C)C)c2cc(OC)c(OC)c(OC)c2[C@@H]1C)OCC. The van der Waals surface area contributed by atoms with Crippen molar-refractivity contribution < 1.29 is 32.8 Å². The van der Waals surface area contributed by atoms with Crippen LogP contribution in [0.3, 0.4) is 0 Å². The number of ether oxygens (including phenoxy) is 6. The molecule has 0 bridgehead atoms. The molecule has 0 saturated heterocycles. The Balaban J connectivity index is 1.90. The molecular formula is C42H55NO7Si. The van der Waals surface area contributed by atoms with E-state index in [2.05, 4.69) is 111 Å². The molecule has 51 heavy (non-hydrogen) atoms. The van der Waals surface area contributed by atoms with Gasteiger partial charge in [0.15, 0.2) is 17.8 Å². The Labute approximate surface area is 305 Å². The summed E-state index contributed by atoms with van der Waals surface area (Å²) in [6.45, 7) is 14.6. The first-order chi connectivity index (χ1) is 24.6. The minimum Gasteiger partial charge on any atom is -0.497 e. The Morgan fingerprint density at radius 1 is 0.706 bits per heavy atom. The summed E-state index contributed by atoms with van der Waals surface area (Å²) >= 11 is 0. The quantitative estimate of drug-likeness (QED) is 0.0912. The molecule has 1 heterocycles. The van der Waals surface area contributed by atoms with Crippen molar-refractivity contribution in [3.63, 3.8) is 0 Å². The molecule has 1 aliphatic rings. The first kappa shape index (κ1) is 38.4. The Bertz CT molecular complexity index is 1650. The highest BCUT2D eigenvalue weighted by Gasteiger charge is 2.55. The minimum absolute atomic E-state index is 0.163. The summed E-state index contributed by atoms with van der Waals surface area (Å²) in [4.78, 5) is 2.44. The van der Waals surface area contributed by atoms with E-state index in [9.17, 15) is 0 Å². The molecule has 0 N–H and O–H groups in total. The maximum atomic E-state index is 8.15. The number of hydrogen-bond donors (Lipinski definition) is 0. The summed E-state index contributed by atoms with van der Waals surface area (Å²) in [7, 11) is 3.56. The van der Waals surface area contributed by atoms with Crippen LogP contribution in [0.15, 0.2) is 91.0 Å². The van der Waals surface area contributed by atoms with E-state index in [1.807, 2.05) is 26.0 Å². The smallest absolute Gasteiger partial charge is 0.261 e. The van der Waals surface area contributed by atoms with Gasteiger partial charge in [-0.25, -0.2) is 0 Å². The van der Waals surface area contributed by atoms with E-state index in [-0.39, 0.29) is 17.1 Å². The van der Waals surface area contributed by atoms with Gasteiger partial charge in [-0.2, -0.15) is 0 Å². The molecule has 0 unspecified atom stereocenters. The molecule has 4 aromatic rings. The van der Waals surface area contributed by atoms with Gasteiger partial charge in [0.25, 0.3) is 8.32 Å². The van der Waals surface area contributed by atoms with E-state index >= 15 is 0 Å². The van der Waals surface area contributed by atoms with Crippen molar-refractivity contribution in [1.82, 2.24) is 4.90 Å². The zero-order valence-electron chi connectivity index (χ0n) is 31.9. The van der Waals surface area contributed by atoms with Gasteiger partial charge in [0.2, 0.25) is 5.75 Å². The highest BCUT2D eigenvalue weighted by Crippen LogP contribution is 2.57. The zero-order chi connectivity index (χ0) is 36.8. The average molecular weight is 714 g/mol. The third-order valence-corrected chi connectivity index (χ3v) is 15.0. The van der Waals surface area contributed by atoms with Crippen LogP contribution >= 0.6 is 0 Å². The van der Waals surface area contributed by atoms with Gasteiger partial charge < -0.3 is 32.8 Å². The highest BCUT2D eigenvalue weighted by atomic mass is 28.4. The van der Waals surface area contributed by atoms with Crippen molar-refractivity contribution >= 4 is 18.7 Å². The van der Waals surface area contributed by atoms with Crippen LogP contribution < -0.4 is 29.3 Å². The van der Waals surface area contributed by atoms with Crippen molar-refractivity contribution in [2.45, 2.75) is 71.1 Å². The van der Waals surface area contributed by atoms with Crippen molar-refractivity contribution in [3.05, 3.63) is 108 Å². The Morgan fingerprint density at radius 3 is 1.71 bits per heavy atom. The lowest BCUT2D eigenvalue weighted by Gasteiger charge is -2.52. The van der Waals surface area contributed by atoms with Gasteiger partial charge >= 0.3 is 0 Å². The van der Waals surface area contributed by atoms with Gasteiger partial charge in [0, 0.05) is 24.8 Å². The van der Waals surface area contributed by atoms with Crippen molar-refractivity contribution in [2.75, 3.05) is 48.2 Å². The molecule has 0 saturated carbocycles. The summed E-state index contributed by atoms with van der Waals surface area (Å²) < 4.78 is 44.4. The molecular weight excluding hydrogens is 659 g/mol. The van der Waals surface area contributed by atoms with Crippen LogP contribution in [0.4, 0.5) is 0 Å². The molecule has 1 aliphatic heterocycles. The third-order valence-electron chi connectivity index (χ3n) is 10.0.